The van der Waals surface area contributed by atoms with Crippen LogP contribution in [0.25, 0.3) is 76.9 Å². The molecular weight excluding hydrogens is 524 g/mol. The van der Waals surface area contributed by atoms with E-state index in [0.29, 0.717) is 0 Å². The molecule has 0 unspecified atom stereocenters. The third kappa shape index (κ3) is 3.14. The quantitative estimate of drug-likeness (QED) is 0.210. The van der Waals surface area contributed by atoms with Gasteiger partial charge in [-0.05, 0) is 82.6 Å². The molecule has 200 valence electrons. The van der Waals surface area contributed by atoms with Crippen LogP contribution in [0.1, 0.15) is 0 Å². The highest BCUT2D eigenvalue weighted by Gasteiger charge is 2.23. The molecule has 0 saturated heterocycles. The molecule has 3 nitrogen and oxygen atoms in total. The van der Waals surface area contributed by atoms with Crippen LogP contribution in [0.15, 0.2) is 146 Å². The predicted molar refractivity (Wildman–Crippen MR) is 178 cm³/mol. The van der Waals surface area contributed by atoms with Gasteiger partial charge in [-0.25, -0.2) is 0 Å². The molecule has 3 heterocycles. The summed E-state index contributed by atoms with van der Waals surface area (Å²) in [6.07, 6.45) is 0. The van der Waals surface area contributed by atoms with Gasteiger partial charge in [0.1, 0.15) is 0 Å². The SMILES string of the molecule is c1ccc2c(c1)Oc1cccc3c4cc(-c5ccc6cc(-n7c8ccccc8c8ccccc87)ccc6c5)ccc4n-2c13. The van der Waals surface area contributed by atoms with E-state index >= 15 is 0 Å². The van der Waals surface area contributed by atoms with E-state index in [-0.39, 0.29) is 0 Å². The number of benzene rings is 7. The van der Waals surface area contributed by atoms with E-state index in [0.717, 1.165) is 22.7 Å². The minimum atomic E-state index is 0.888. The van der Waals surface area contributed by atoms with Crippen molar-refractivity contribution in [3.05, 3.63) is 146 Å². The molecule has 2 aromatic heterocycles. The summed E-state index contributed by atoms with van der Waals surface area (Å²) in [5, 5.41) is 7.46. The fraction of sp³-hybridized carbons (Fsp3) is 0. The van der Waals surface area contributed by atoms with E-state index in [9.17, 15) is 0 Å². The van der Waals surface area contributed by atoms with Crippen molar-refractivity contribution in [3.8, 4) is 34.0 Å². The van der Waals surface area contributed by atoms with Crippen LogP contribution in [-0.2, 0) is 0 Å². The zero-order valence-electron chi connectivity index (χ0n) is 23.2. The molecule has 1 aliphatic rings. The molecule has 7 aromatic carbocycles. The molecule has 0 fully saturated rings. The van der Waals surface area contributed by atoms with Crippen molar-refractivity contribution in [1.29, 1.82) is 0 Å². The Balaban J connectivity index is 1.12. The maximum Gasteiger partial charge on any atom is 0.152 e. The van der Waals surface area contributed by atoms with Crippen LogP contribution in [0, 0.1) is 0 Å². The Bertz CT molecular complexity index is 2550. The number of fused-ring (bicyclic) bond motifs is 9. The van der Waals surface area contributed by atoms with Gasteiger partial charge in [-0.3, -0.25) is 0 Å². The Morgan fingerprint density at radius 3 is 1.88 bits per heavy atom. The maximum absolute atomic E-state index is 6.30. The molecule has 0 saturated carbocycles. The zero-order chi connectivity index (χ0) is 28.1. The lowest BCUT2D eigenvalue weighted by Gasteiger charge is -2.20. The van der Waals surface area contributed by atoms with Crippen molar-refractivity contribution in [2.45, 2.75) is 0 Å². The largest absolute Gasteiger partial charge is 0.453 e. The standard InChI is InChI=1S/C40H24N2O/c1-3-11-34-30(8-1)31-9-2-4-12-35(31)41(34)29-20-18-26-22-25(16-17-27(26)23-29)28-19-21-36-33(24-28)32-10-7-15-39-40(32)42(36)37-13-5-6-14-38(37)43-39/h1-24H. The maximum atomic E-state index is 6.30. The van der Waals surface area contributed by atoms with Crippen molar-refractivity contribution in [2.75, 3.05) is 0 Å². The minimum absolute atomic E-state index is 0.888. The average molecular weight is 549 g/mol. The predicted octanol–water partition coefficient (Wildman–Crippen LogP) is 10.8. The molecule has 0 amide bonds. The smallest absolute Gasteiger partial charge is 0.152 e. The lowest BCUT2D eigenvalue weighted by molar-refractivity contribution is 0.476. The van der Waals surface area contributed by atoms with Crippen LogP contribution < -0.4 is 4.74 Å². The second-order valence-corrected chi connectivity index (χ2v) is 11.4. The van der Waals surface area contributed by atoms with Crippen molar-refractivity contribution in [3.63, 3.8) is 0 Å². The normalized spacial score (nSPS) is 12.4. The Labute approximate surface area is 247 Å². The van der Waals surface area contributed by atoms with Gasteiger partial charge in [0.25, 0.3) is 0 Å². The summed E-state index contributed by atoms with van der Waals surface area (Å²) in [5.74, 6) is 1.79. The zero-order valence-corrected chi connectivity index (χ0v) is 23.2. The van der Waals surface area contributed by atoms with Gasteiger partial charge in [0.15, 0.2) is 11.5 Å². The van der Waals surface area contributed by atoms with Crippen LogP contribution in [0.5, 0.6) is 11.5 Å². The number of hydrogen-bond donors (Lipinski definition) is 0. The number of hydrogen-bond acceptors (Lipinski definition) is 1. The molecule has 10 rings (SSSR count). The fourth-order valence-corrected chi connectivity index (χ4v) is 7.15. The summed E-state index contributed by atoms with van der Waals surface area (Å²) in [6, 6.07) is 52.4. The number of aromatic nitrogens is 2. The van der Waals surface area contributed by atoms with Gasteiger partial charge in [-0.15, -0.1) is 0 Å². The van der Waals surface area contributed by atoms with Crippen molar-refractivity contribution < 1.29 is 4.74 Å². The van der Waals surface area contributed by atoms with E-state index in [4.69, 9.17) is 4.74 Å². The van der Waals surface area contributed by atoms with Crippen molar-refractivity contribution in [1.82, 2.24) is 9.13 Å². The van der Waals surface area contributed by atoms with E-state index in [2.05, 4.69) is 143 Å². The molecule has 0 aliphatic carbocycles. The molecule has 0 bridgehead atoms. The number of para-hydroxylation sites is 5. The second-order valence-electron chi connectivity index (χ2n) is 11.4. The summed E-state index contributed by atoms with van der Waals surface area (Å²) >= 11 is 0. The van der Waals surface area contributed by atoms with Gasteiger partial charge >= 0.3 is 0 Å². The first-order chi connectivity index (χ1) is 21.3. The number of ether oxygens (including phenoxy) is 1. The highest BCUT2D eigenvalue weighted by Crippen LogP contribution is 2.46. The van der Waals surface area contributed by atoms with Gasteiger partial charge in [-0.2, -0.15) is 0 Å². The van der Waals surface area contributed by atoms with Gasteiger partial charge in [0.05, 0.1) is 27.8 Å². The summed E-state index contributed by atoms with van der Waals surface area (Å²) in [7, 11) is 0. The highest BCUT2D eigenvalue weighted by atomic mass is 16.5. The molecule has 0 N–H and O–H groups in total. The summed E-state index contributed by atoms with van der Waals surface area (Å²) < 4.78 is 11.0. The van der Waals surface area contributed by atoms with E-state index in [1.165, 1.54) is 65.7 Å². The molecular formula is C40H24N2O. The summed E-state index contributed by atoms with van der Waals surface area (Å²) in [5.41, 5.74) is 9.46. The first kappa shape index (κ1) is 22.8. The van der Waals surface area contributed by atoms with E-state index in [1.807, 2.05) is 12.1 Å². The number of nitrogens with zero attached hydrogens (tertiary/aromatic N) is 2. The molecule has 0 atom stereocenters. The topological polar surface area (TPSA) is 19.1 Å². The molecule has 0 spiro atoms. The number of rotatable bonds is 2. The monoisotopic (exact) mass is 548 g/mol. The second kappa shape index (κ2) is 8.37. The van der Waals surface area contributed by atoms with E-state index < -0.39 is 0 Å². The van der Waals surface area contributed by atoms with Crippen LogP contribution >= 0.6 is 0 Å². The average Bonchev–Trinajstić information content (AvgIpc) is 3.58. The lowest BCUT2D eigenvalue weighted by Crippen LogP contribution is -2.03. The third-order valence-electron chi connectivity index (χ3n) is 9.07. The van der Waals surface area contributed by atoms with Crippen LogP contribution in [0.4, 0.5) is 0 Å². The highest BCUT2D eigenvalue weighted by molar-refractivity contribution is 6.13. The van der Waals surface area contributed by atoms with Crippen LogP contribution in [0.2, 0.25) is 0 Å². The fourth-order valence-electron chi connectivity index (χ4n) is 7.15. The van der Waals surface area contributed by atoms with Gasteiger partial charge in [0.2, 0.25) is 0 Å². The molecule has 0 radical (unpaired) electrons. The summed E-state index contributed by atoms with van der Waals surface area (Å²) in [4.78, 5) is 0. The van der Waals surface area contributed by atoms with Gasteiger partial charge in [-0.1, -0.05) is 84.9 Å². The van der Waals surface area contributed by atoms with Crippen molar-refractivity contribution >= 4 is 54.4 Å². The molecule has 1 aliphatic heterocycles. The first-order valence-electron chi connectivity index (χ1n) is 14.7. The molecule has 43 heavy (non-hydrogen) atoms. The molecule has 3 heteroatoms. The Morgan fingerprint density at radius 2 is 1.02 bits per heavy atom. The summed E-state index contributed by atoms with van der Waals surface area (Å²) in [6.45, 7) is 0. The van der Waals surface area contributed by atoms with E-state index in [1.54, 1.807) is 0 Å². The Morgan fingerprint density at radius 1 is 0.395 bits per heavy atom. The first-order valence-corrected chi connectivity index (χ1v) is 14.7. The molecule has 9 aromatic rings. The Hall–Kier alpha value is -5.80. The van der Waals surface area contributed by atoms with Gasteiger partial charge < -0.3 is 13.9 Å². The van der Waals surface area contributed by atoms with Crippen molar-refractivity contribution in [2.24, 2.45) is 0 Å². The lowest BCUT2D eigenvalue weighted by atomic mass is 9.99. The third-order valence-corrected chi connectivity index (χ3v) is 9.07. The van der Waals surface area contributed by atoms with Crippen LogP contribution in [0.3, 0.4) is 0 Å². The minimum Gasteiger partial charge on any atom is -0.453 e. The van der Waals surface area contributed by atoms with Crippen LogP contribution in [-0.4, -0.2) is 9.13 Å². The Kier molecular flexibility index (Phi) is 4.45. The van der Waals surface area contributed by atoms with Gasteiger partial charge in [0, 0.05) is 27.2 Å².